The van der Waals surface area contributed by atoms with Gasteiger partial charge in [-0.15, -0.1) is 0 Å². The van der Waals surface area contributed by atoms with Crippen LogP contribution in [-0.2, 0) is 13.6 Å². The lowest BCUT2D eigenvalue weighted by Gasteiger charge is -2.17. The van der Waals surface area contributed by atoms with E-state index < -0.39 is 0 Å². The van der Waals surface area contributed by atoms with Gasteiger partial charge in [-0.3, -0.25) is 4.68 Å². The third-order valence-electron chi connectivity index (χ3n) is 3.34. The second-order valence-corrected chi connectivity index (χ2v) is 4.86. The molecule has 5 heteroatoms. The van der Waals surface area contributed by atoms with E-state index in [-0.39, 0.29) is 6.03 Å². The molecule has 1 aromatic heterocycles. The maximum atomic E-state index is 11.8. The third kappa shape index (κ3) is 2.99. The topological polar surface area (TPSA) is 50.2 Å². The van der Waals surface area contributed by atoms with Crippen LogP contribution in [0.5, 0.6) is 0 Å². The van der Waals surface area contributed by atoms with Gasteiger partial charge in [0, 0.05) is 38.4 Å². The fourth-order valence-electron chi connectivity index (χ4n) is 1.79. The number of nitrogens with one attached hydrogen (secondary N) is 1. The number of urea groups is 1. The molecule has 1 aliphatic rings. The zero-order valence-electron chi connectivity index (χ0n) is 10.7. The van der Waals surface area contributed by atoms with E-state index in [2.05, 4.69) is 10.4 Å². The van der Waals surface area contributed by atoms with Crippen LogP contribution in [0.2, 0.25) is 0 Å². The van der Waals surface area contributed by atoms with E-state index in [0.29, 0.717) is 6.54 Å². The van der Waals surface area contributed by atoms with Gasteiger partial charge < -0.3 is 10.2 Å². The minimum atomic E-state index is 0.000142. The number of carbonyl (C=O) groups excluding carboxylic acids is 1. The van der Waals surface area contributed by atoms with Crippen molar-refractivity contribution in [2.24, 2.45) is 13.0 Å². The van der Waals surface area contributed by atoms with E-state index in [1.807, 2.05) is 25.7 Å². The van der Waals surface area contributed by atoms with Crippen molar-refractivity contribution in [2.45, 2.75) is 26.3 Å². The summed E-state index contributed by atoms with van der Waals surface area (Å²) >= 11 is 0. The molecular formula is C12H20N4O. The lowest BCUT2D eigenvalue weighted by atomic mass is 10.2. The van der Waals surface area contributed by atoms with Gasteiger partial charge in [0.25, 0.3) is 0 Å². The van der Waals surface area contributed by atoms with Crippen molar-refractivity contribution < 1.29 is 4.79 Å². The van der Waals surface area contributed by atoms with Gasteiger partial charge in [-0.25, -0.2) is 4.79 Å². The number of rotatable bonds is 4. The Hall–Kier alpha value is -1.52. The molecule has 0 bridgehead atoms. The molecule has 2 rings (SSSR count). The second kappa shape index (κ2) is 4.77. The Bertz CT molecular complexity index is 409. The van der Waals surface area contributed by atoms with E-state index in [9.17, 15) is 4.79 Å². The summed E-state index contributed by atoms with van der Waals surface area (Å²) in [4.78, 5) is 13.6. The number of nitrogens with zero attached hydrogens (tertiary/aromatic N) is 3. The highest BCUT2D eigenvalue weighted by atomic mass is 16.2. The van der Waals surface area contributed by atoms with Gasteiger partial charge in [0.1, 0.15) is 0 Å². The van der Waals surface area contributed by atoms with Crippen LogP contribution in [-0.4, -0.2) is 34.3 Å². The Balaban J connectivity index is 1.80. The van der Waals surface area contributed by atoms with Gasteiger partial charge in [0.15, 0.2) is 0 Å². The Labute approximate surface area is 102 Å². The summed E-state index contributed by atoms with van der Waals surface area (Å²) in [5.74, 6) is 0.728. The first-order chi connectivity index (χ1) is 8.08. The normalized spacial score (nSPS) is 14.8. The monoisotopic (exact) mass is 236 g/mol. The smallest absolute Gasteiger partial charge is 0.317 e. The number of aromatic nitrogens is 2. The lowest BCUT2D eigenvalue weighted by molar-refractivity contribution is 0.206. The SMILES string of the molecule is Cc1c(CNC(=O)N(C)CC2CC2)cnn1C. The Morgan fingerprint density at radius 3 is 2.88 bits per heavy atom. The third-order valence-corrected chi connectivity index (χ3v) is 3.34. The maximum Gasteiger partial charge on any atom is 0.317 e. The summed E-state index contributed by atoms with van der Waals surface area (Å²) < 4.78 is 1.81. The van der Waals surface area contributed by atoms with Crippen LogP contribution in [0.4, 0.5) is 4.79 Å². The summed E-state index contributed by atoms with van der Waals surface area (Å²) in [7, 11) is 3.75. The summed E-state index contributed by atoms with van der Waals surface area (Å²) in [6.07, 6.45) is 4.33. The van der Waals surface area contributed by atoms with Crippen LogP contribution >= 0.6 is 0 Å². The minimum Gasteiger partial charge on any atom is -0.334 e. The van der Waals surface area contributed by atoms with Crippen molar-refractivity contribution >= 4 is 6.03 Å². The zero-order chi connectivity index (χ0) is 12.4. The van der Waals surface area contributed by atoms with Crippen molar-refractivity contribution in [1.82, 2.24) is 20.0 Å². The molecule has 1 fully saturated rings. The van der Waals surface area contributed by atoms with Gasteiger partial charge in [-0.1, -0.05) is 0 Å². The molecule has 1 aromatic rings. The number of aryl methyl sites for hydroxylation is 1. The van der Waals surface area contributed by atoms with E-state index >= 15 is 0 Å². The van der Waals surface area contributed by atoms with E-state index in [4.69, 9.17) is 0 Å². The fourth-order valence-corrected chi connectivity index (χ4v) is 1.79. The predicted octanol–water partition coefficient (Wildman–Crippen LogP) is 1.28. The van der Waals surface area contributed by atoms with Gasteiger partial charge in [-0.2, -0.15) is 5.10 Å². The van der Waals surface area contributed by atoms with Gasteiger partial charge in [0.05, 0.1) is 6.20 Å². The minimum absolute atomic E-state index is 0.000142. The molecule has 0 saturated heterocycles. The van der Waals surface area contributed by atoms with Crippen LogP contribution in [0.15, 0.2) is 6.20 Å². The lowest BCUT2D eigenvalue weighted by Crippen LogP contribution is -2.38. The van der Waals surface area contributed by atoms with Crippen molar-refractivity contribution in [3.05, 3.63) is 17.5 Å². The first kappa shape index (κ1) is 12.0. The van der Waals surface area contributed by atoms with Gasteiger partial charge >= 0.3 is 6.03 Å². The molecule has 1 heterocycles. The number of hydrogen-bond acceptors (Lipinski definition) is 2. The number of hydrogen-bond donors (Lipinski definition) is 1. The van der Waals surface area contributed by atoms with Crippen molar-refractivity contribution in [2.75, 3.05) is 13.6 Å². The van der Waals surface area contributed by atoms with Crippen LogP contribution < -0.4 is 5.32 Å². The van der Waals surface area contributed by atoms with Crippen LogP contribution in [0.25, 0.3) is 0 Å². The van der Waals surface area contributed by atoms with E-state index in [1.54, 1.807) is 11.1 Å². The van der Waals surface area contributed by atoms with Crippen LogP contribution in [0, 0.1) is 12.8 Å². The molecule has 0 aromatic carbocycles. The highest BCUT2D eigenvalue weighted by molar-refractivity contribution is 5.73. The maximum absolute atomic E-state index is 11.8. The highest BCUT2D eigenvalue weighted by Gasteiger charge is 2.24. The molecule has 2 amide bonds. The van der Waals surface area contributed by atoms with Gasteiger partial charge in [0.2, 0.25) is 0 Å². The first-order valence-electron chi connectivity index (χ1n) is 6.04. The fraction of sp³-hybridized carbons (Fsp3) is 0.667. The van der Waals surface area contributed by atoms with Crippen molar-refractivity contribution in [1.29, 1.82) is 0 Å². The Kier molecular flexibility index (Phi) is 3.36. The quantitative estimate of drug-likeness (QED) is 0.856. The molecule has 0 radical (unpaired) electrons. The molecule has 0 unspecified atom stereocenters. The molecule has 17 heavy (non-hydrogen) atoms. The van der Waals surface area contributed by atoms with Crippen LogP contribution in [0.3, 0.4) is 0 Å². The molecule has 0 spiro atoms. The van der Waals surface area contributed by atoms with Crippen molar-refractivity contribution in [3.8, 4) is 0 Å². The van der Waals surface area contributed by atoms with Gasteiger partial charge in [-0.05, 0) is 25.7 Å². The summed E-state index contributed by atoms with van der Waals surface area (Å²) in [6, 6.07) is 0.000142. The molecular weight excluding hydrogens is 216 g/mol. The number of amides is 2. The molecule has 5 nitrogen and oxygen atoms in total. The van der Waals surface area contributed by atoms with Crippen LogP contribution in [0.1, 0.15) is 24.1 Å². The Morgan fingerprint density at radius 1 is 1.65 bits per heavy atom. The van der Waals surface area contributed by atoms with Crippen molar-refractivity contribution in [3.63, 3.8) is 0 Å². The summed E-state index contributed by atoms with van der Waals surface area (Å²) in [6.45, 7) is 3.42. The van der Waals surface area contributed by atoms with E-state index in [0.717, 1.165) is 23.7 Å². The summed E-state index contributed by atoms with van der Waals surface area (Å²) in [5.41, 5.74) is 2.16. The predicted molar refractivity (Wildman–Crippen MR) is 65.5 cm³/mol. The molecule has 0 aliphatic heterocycles. The van der Waals surface area contributed by atoms with E-state index in [1.165, 1.54) is 12.8 Å². The Morgan fingerprint density at radius 2 is 2.35 bits per heavy atom. The molecule has 1 aliphatic carbocycles. The molecule has 1 N–H and O–H groups in total. The average Bonchev–Trinajstić information content (AvgIpc) is 3.05. The average molecular weight is 236 g/mol. The zero-order valence-corrected chi connectivity index (χ0v) is 10.7. The summed E-state index contributed by atoms with van der Waals surface area (Å²) in [5, 5.41) is 7.07. The molecule has 0 atom stereocenters. The molecule has 1 saturated carbocycles. The molecule has 94 valence electrons. The highest BCUT2D eigenvalue weighted by Crippen LogP contribution is 2.29. The largest absolute Gasteiger partial charge is 0.334 e. The standard InChI is InChI=1S/C12H20N4O/c1-9-11(7-14-16(9)3)6-13-12(17)15(2)8-10-4-5-10/h7,10H,4-6,8H2,1-3H3,(H,13,17). The first-order valence-corrected chi connectivity index (χ1v) is 6.04. The number of carbonyl (C=O) groups is 1. The second-order valence-electron chi connectivity index (χ2n) is 4.86.